The zero-order valence-corrected chi connectivity index (χ0v) is 21.5. The Morgan fingerprint density at radius 2 is 1.47 bits per heavy atom. The number of aryl methyl sites for hydroxylation is 1. The molecule has 0 aliphatic heterocycles. The lowest BCUT2D eigenvalue weighted by molar-refractivity contribution is -0.141. The highest BCUT2D eigenvalue weighted by atomic mass is 16.2. The highest BCUT2D eigenvalue weighted by Gasteiger charge is 2.30. The fourth-order valence-corrected chi connectivity index (χ4v) is 5.25. The lowest BCUT2D eigenvalue weighted by Gasteiger charge is -2.32. The van der Waals surface area contributed by atoms with Crippen LogP contribution in [0.4, 0.5) is 0 Å². The molecule has 4 heteroatoms. The highest BCUT2D eigenvalue weighted by Crippen LogP contribution is 2.29. The van der Waals surface area contributed by atoms with Crippen LogP contribution in [0.5, 0.6) is 0 Å². The Bertz CT molecular complexity index is 1080. The van der Waals surface area contributed by atoms with Crippen molar-refractivity contribution in [3.05, 3.63) is 107 Å². The summed E-state index contributed by atoms with van der Waals surface area (Å²) in [6, 6.07) is 28.2. The van der Waals surface area contributed by atoms with Gasteiger partial charge in [-0.15, -0.1) is 0 Å². The first-order chi connectivity index (χ1) is 17.5. The number of nitrogens with zero attached hydrogens (tertiary/aromatic N) is 1. The fourth-order valence-electron chi connectivity index (χ4n) is 5.25. The number of benzene rings is 3. The minimum Gasteiger partial charge on any atom is -0.352 e. The molecular formula is C32H38N2O2. The Morgan fingerprint density at radius 3 is 2.06 bits per heavy atom. The van der Waals surface area contributed by atoms with Crippen LogP contribution in [-0.4, -0.2) is 28.8 Å². The normalized spacial score (nSPS) is 14.9. The number of carbonyl (C=O) groups is 2. The standard InChI is InChI=1S/C32H38N2O2/c1-24-13-12-14-26(21-24)23-34(25(2)32(36)33-29-19-10-5-11-20-29)31(35)22-30(27-15-6-3-7-16-27)28-17-8-4-9-18-28/h3-4,6-9,12-18,21,25,29-30H,5,10-11,19-20,22-23H2,1-2H3,(H,33,36)/t25-/m1/s1. The molecule has 2 amide bonds. The first-order valence-corrected chi connectivity index (χ1v) is 13.3. The summed E-state index contributed by atoms with van der Waals surface area (Å²) in [4.78, 5) is 29.1. The summed E-state index contributed by atoms with van der Waals surface area (Å²) >= 11 is 0. The predicted octanol–water partition coefficient (Wildman–Crippen LogP) is 6.38. The van der Waals surface area contributed by atoms with Gasteiger partial charge in [0.15, 0.2) is 0 Å². The minimum atomic E-state index is -0.549. The summed E-state index contributed by atoms with van der Waals surface area (Å²) in [5, 5.41) is 3.24. The maximum absolute atomic E-state index is 14.0. The number of nitrogens with one attached hydrogen (secondary N) is 1. The van der Waals surface area contributed by atoms with Crippen molar-refractivity contribution < 1.29 is 9.59 Å². The Morgan fingerprint density at radius 1 is 0.861 bits per heavy atom. The van der Waals surface area contributed by atoms with Crippen LogP contribution in [0.25, 0.3) is 0 Å². The molecule has 4 nitrogen and oxygen atoms in total. The molecule has 3 aromatic carbocycles. The van der Waals surface area contributed by atoms with Crippen molar-refractivity contribution in [3.63, 3.8) is 0 Å². The van der Waals surface area contributed by atoms with Crippen LogP contribution in [0.15, 0.2) is 84.9 Å². The number of hydrogen-bond acceptors (Lipinski definition) is 2. The van der Waals surface area contributed by atoms with E-state index in [2.05, 4.69) is 48.6 Å². The molecule has 36 heavy (non-hydrogen) atoms. The number of amides is 2. The molecule has 1 aliphatic rings. The summed E-state index contributed by atoms with van der Waals surface area (Å²) in [5.41, 5.74) is 4.39. The van der Waals surface area contributed by atoms with Gasteiger partial charge in [-0.25, -0.2) is 0 Å². The lowest BCUT2D eigenvalue weighted by Crippen LogP contribution is -2.50. The largest absolute Gasteiger partial charge is 0.352 e. The average molecular weight is 483 g/mol. The molecule has 1 aliphatic carbocycles. The Hall–Kier alpha value is -3.40. The molecule has 188 valence electrons. The van der Waals surface area contributed by atoms with Gasteiger partial charge in [0.1, 0.15) is 6.04 Å². The van der Waals surface area contributed by atoms with Gasteiger partial charge in [0.2, 0.25) is 11.8 Å². The van der Waals surface area contributed by atoms with Gasteiger partial charge in [-0.1, -0.05) is 110 Å². The van der Waals surface area contributed by atoms with Crippen LogP contribution in [0, 0.1) is 6.92 Å². The zero-order valence-electron chi connectivity index (χ0n) is 21.5. The molecule has 0 heterocycles. The highest BCUT2D eigenvalue weighted by molar-refractivity contribution is 5.88. The quantitative estimate of drug-likeness (QED) is 0.385. The van der Waals surface area contributed by atoms with Crippen molar-refractivity contribution in [2.75, 3.05) is 0 Å². The van der Waals surface area contributed by atoms with Crippen molar-refractivity contribution in [2.24, 2.45) is 0 Å². The molecule has 0 radical (unpaired) electrons. The molecule has 1 N–H and O–H groups in total. The van der Waals surface area contributed by atoms with Gasteiger partial charge in [-0.3, -0.25) is 9.59 Å². The van der Waals surface area contributed by atoms with Gasteiger partial charge in [-0.05, 0) is 43.4 Å². The van der Waals surface area contributed by atoms with E-state index in [-0.39, 0.29) is 23.8 Å². The van der Waals surface area contributed by atoms with Crippen molar-refractivity contribution in [1.29, 1.82) is 0 Å². The monoisotopic (exact) mass is 482 g/mol. The van der Waals surface area contributed by atoms with E-state index in [4.69, 9.17) is 0 Å². The van der Waals surface area contributed by atoms with Gasteiger partial charge in [0.25, 0.3) is 0 Å². The molecule has 0 spiro atoms. The summed E-state index contributed by atoms with van der Waals surface area (Å²) < 4.78 is 0. The van der Waals surface area contributed by atoms with E-state index in [9.17, 15) is 9.59 Å². The average Bonchev–Trinajstić information content (AvgIpc) is 2.91. The molecule has 4 rings (SSSR count). The zero-order chi connectivity index (χ0) is 25.3. The van der Waals surface area contributed by atoms with E-state index in [1.807, 2.05) is 55.5 Å². The number of carbonyl (C=O) groups excluding carboxylic acids is 2. The van der Waals surface area contributed by atoms with Gasteiger partial charge in [0, 0.05) is 24.9 Å². The smallest absolute Gasteiger partial charge is 0.242 e. The predicted molar refractivity (Wildman–Crippen MR) is 146 cm³/mol. The van der Waals surface area contributed by atoms with Gasteiger partial charge < -0.3 is 10.2 Å². The molecule has 1 atom stereocenters. The van der Waals surface area contributed by atoms with E-state index in [0.717, 1.165) is 47.9 Å². The van der Waals surface area contributed by atoms with Gasteiger partial charge >= 0.3 is 0 Å². The summed E-state index contributed by atoms with van der Waals surface area (Å²) in [5.74, 6) is -0.145. The van der Waals surface area contributed by atoms with E-state index < -0.39 is 6.04 Å². The number of rotatable bonds is 9. The van der Waals surface area contributed by atoms with Crippen molar-refractivity contribution in [2.45, 2.75) is 76.9 Å². The Kier molecular flexibility index (Phi) is 8.94. The van der Waals surface area contributed by atoms with Crippen LogP contribution in [0.2, 0.25) is 0 Å². The van der Waals surface area contributed by atoms with Crippen molar-refractivity contribution >= 4 is 11.8 Å². The molecule has 0 unspecified atom stereocenters. The molecular weight excluding hydrogens is 444 g/mol. The van der Waals surface area contributed by atoms with Gasteiger partial charge in [-0.2, -0.15) is 0 Å². The second-order valence-electron chi connectivity index (χ2n) is 10.1. The second kappa shape index (κ2) is 12.5. The van der Waals surface area contributed by atoms with Crippen LogP contribution < -0.4 is 5.32 Å². The second-order valence-corrected chi connectivity index (χ2v) is 10.1. The fraction of sp³-hybridized carbons (Fsp3) is 0.375. The SMILES string of the molecule is Cc1cccc(CN(C(=O)CC(c2ccccc2)c2ccccc2)[C@H](C)C(=O)NC2CCCCC2)c1. The maximum Gasteiger partial charge on any atom is 0.242 e. The summed E-state index contributed by atoms with van der Waals surface area (Å²) in [6.07, 6.45) is 5.89. The minimum absolute atomic E-state index is 0.0134. The maximum atomic E-state index is 14.0. The molecule has 0 saturated heterocycles. The summed E-state index contributed by atoms with van der Waals surface area (Å²) in [7, 11) is 0. The third-order valence-electron chi connectivity index (χ3n) is 7.34. The van der Waals surface area contributed by atoms with E-state index in [1.165, 1.54) is 6.42 Å². The van der Waals surface area contributed by atoms with Crippen LogP contribution >= 0.6 is 0 Å². The Labute approximate surface area is 215 Å². The summed E-state index contributed by atoms with van der Waals surface area (Å²) in [6.45, 7) is 4.33. The van der Waals surface area contributed by atoms with E-state index in [0.29, 0.717) is 13.0 Å². The van der Waals surface area contributed by atoms with E-state index >= 15 is 0 Å². The first-order valence-electron chi connectivity index (χ1n) is 13.3. The molecule has 0 bridgehead atoms. The van der Waals surface area contributed by atoms with Gasteiger partial charge in [0.05, 0.1) is 0 Å². The topological polar surface area (TPSA) is 49.4 Å². The van der Waals surface area contributed by atoms with Crippen LogP contribution in [0.3, 0.4) is 0 Å². The third kappa shape index (κ3) is 6.84. The van der Waals surface area contributed by atoms with Crippen LogP contribution in [-0.2, 0) is 16.1 Å². The van der Waals surface area contributed by atoms with Crippen molar-refractivity contribution in [3.8, 4) is 0 Å². The number of hydrogen-bond donors (Lipinski definition) is 1. The molecule has 1 fully saturated rings. The third-order valence-corrected chi connectivity index (χ3v) is 7.34. The lowest BCUT2D eigenvalue weighted by atomic mass is 9.88. The first kappa shape index (κ1) is 25.7. The molecule has 3 aromatic rings. The van der Waals surface area contributed by atoms with Crippen molar-refractivity contribution in [1.82, 2.24) is 10.2 Å². The van der Waals surface area contributed by atoms with Crippen LogP contribution in [0.1, 0.15) is 73.6 Å². The molecule has 1 saturated carbocycles. The Balaban J connectivity index is 1.59. The molecule has 0 aromatic heterocycles. The van der Waals surface area contributed by atoms with E-state index in [1.54, 1.807) is 4.90 Å².